The fourth-order valence-electron chi connectivity index (χ4n) is 1.46. The molecule has 0 amide bonds. The monoisotopic (exact) mass is 288 g/mol. The fraction of sp³-hybridized carbons (Fsp3) is 0.353. The van der Waals surface area contributed by atoms with E-state index in [4.69, 9.17) is 14.2 Å². The Bertz CT molecular complexity index is 525. The van der Waals surface area contributed by atoms with Crippen LogP contribution in [0.5, 0.6) is 5.75 Å². The van der Waals surface area contributed by atoms with Gasteiger partial charge in [-0.2, -0.15) is 0 Å². The van der Waals surface area contributed by atoms with Gasteiger partial charge >= 0.3 is 5.97 Å². The molecular formula is C17H20O4. The first kappa shape index (κ1) is 16.8. The van der Waals surface area contributed by atoms with Crippen molar-refractivity contribution in [2.75, 3.05) is 20.3 Å². The average molecular weight is 288 g/mol. The summed E-state index contributed by atoms with van der Waals surface area (Å²) in [7, 11) is 1.60. The maximum Gasteiger partial charge on any atom is 0.335 e. The maximum absolute atomic E-state index is 11.6. The summed E-state index contributed by atoms with van der Waals surface area (Å²) >= 11 is 0. The van der Waals surface area contributed by atoms with Crippen LogP contribution in [0.1, 0.15) is 18.9 Å². The molecule has 0 saturated carbocycles. The molecule has 0 saturated heterocycles. The molecule has 0 unspecified atom stereocenters. The van der Waals surface area contributed by atoms with Gasteiger partial charge in [0.05, 0.1) is 13.7 Å². The first-order chi connectivity index (χ1) is 10.2. The van der Waals surface area contributed by atoms with Gasteiger partial charge in [-0.25, -0.2) is 4.79 Å². The second-order valence-electron chi connectivity index (χ2n) is 4.23. The van der Waals surface area contributed by atoms with Gasteiger partial charge in [-0.3, -0.25) is 0 Å². The second-order valence-corrected chi connectivity index (χ2v) is 4.23. The second kappa shape index (κ2) is 9.62. The summed E-state index contributed by atoms with van der Waals surface area (Å²) in [6.07, 6.45) is 1.84. The largest absolute Gasteiger partial charge is 0.497 e. The molecule has 1 rings (SSSR count). The van der Waals surface area contributed by atoms with Gasteiger partial charge in [0.2, 0.25) is 0 Å². The first-order valence-electron chi connectivity index (χ1n) is 6.69. The predicted octanol–water partition coefficient (Wildman–Crippen LogP) is 2.57. The summed E-state index contributed by atoms with van der Waals surface area (Å²) in [5.41, 5.74) is 0.806. The Morgan fingerprint density at radius 1 is 1.48 bits per heavy atom. The van der Waals surface area contributed by atoms with E-state index in [1.807, 2.05) is 24.3 Å². The molecule has 0 N–H and O–H groups in total. The number of rotatable bonds is 7. The SMILES string of the molecule is C=CCCO[C@@H](C)C(=O)OCC#Cc1cccc(OC)c1. The minimum Gasteiger partial charge on any atom is -0.497 e. The molecule has 0 fully saturated rings. The quantitative estimate of drug-likeness (QED) is 0.335. The molecular weight excluding hydrogens is 268 g/mol. The van der Waals surface area contributed by atoms with Crippen LogP contribution in [0.4, 0.5) is 0 Å². The lowest BCUT2D eigenvalue weighted by molar-refractivity contribution is -0.154. The van der Waals surface area contributed by atoms with Gasteiger partial charge in [0, 0.05) is 5.56 Å². The van der Waals surface area contributed by atoms with Gasteiger partial charge in [0.1, 0.15) is 5.75 Å². The standard InChI is InChI=1S/C17H20O4/c1-4-5-11-20-14(2)17(18)21-12-7-9-15-8-6-10-16(13-15)19-3/h4,6,8,10,13-14H,1,5,11-12H2,2-3H3/t14-/m0/s1. The van der Waals surface area contributed by atoms with E-state index in [1.54, 1.807) is 20.1 Å². The molecule has 0 aliphatic heterocycles. The first-order valence-corrected chi connectivity index (χ1v) is 6.69. The van der Waals surface area contributed by atoms with Crippen LogP contribution < -0.4 is 4.74 Å². The van der Waals surface area contributed by atoms with E-state index < -0.39 is 12.1 Å². The van der Waals surface area contributed by atoms with E-state index in [9.17, 15) is 4.79 Å². The molecule has 112 valence electrons. The number of benzene rings is 1. The fourth-order valence-corrected chi connectivity index (χ4v) is 1.46. The van der Waals surface area contributed by atoms with E-state index in [0.717, 1.165) is 11.3 Å². The van der Waals surface area contributed by atoms with Gasteiger partial charge in [0.25, 0.3) is 0 Å². The highest BCUT2D eigenvalue weighted by molar-refractivity contribution is 5.74. The Balaban J connectivity index is 2.37. The summed E-state index contributed by atoms with van der Waals surface area (Å²) in [5, 5.41) is 0. The molecule has 0 bridgehead atoms. The van der Waals surface area contributed by atoms with Crippen molar-refractivity contribution in [2.24, 2.45) is 0 Å². The Morgan fingerprint density at radius 2 is 2.29 bits per heavy atom. The van der Waals surface area contributed by atoms with Gasteiger partial charge in [-0.15, -0.1) is 6.58 Å². The van der Waals surface area contributed by atoms with Crippen LogP contribution in [0.15, 0.2) is 36.9 Å². The Morgan fingerprint density at radius 3 is 3.00 bits per heavy atom. The molecule has 0 aliphatic carbocycles. The van der Waals surface area contributed by atoms with Crippen molar-refractivity contribution >= 4 is 5.97 Å². The van der Waals surface area contributed by atoms with Crippen LogP contribution >= 0.6 is 0 Å². The number of ether oxygens (including phenoxy) is 3. The zero-order chi connectivity index (χ0) is 15.5. The summed E-state index contributed by atoms with van der Waals surface area (Å²) in [6.45, 7) is 5.72. The van der Waals surface area contributed by atoms with E-state index in [2.05, 4.69) is 18.4 Å². The molecule has 4 heteroatoms. The van der Waals surface area contributed by atoms with Crippen LogP contribution in [-0.2, 0) is 14.3 Å². The van der Waals surface area contributed by atoms with Crippen molar-refractivity contribution in [3.8, 4) is 17.6 Å². The van der Waals surface area contributed by atoms with Gasteiger partial charge < -0.3 is 14.2 Å². The lowest BCUT2D eigenvalue weighted by Gasteiger charge is -2.10. The van der Waals surface area contributed by atoms with Gasteiger partial charge in [0.15, 0.2) is 12.7 Å². The van der Waals surface area contributed by atoms with Crippen molar-refractivity contribution < 1.29 is 19.0 Å². The number of hydrogen-bond donors (Lipinski definition) is 0. The van der Waals surface area contributed by atoms with Crippen LogP contribution in [0.2, 0.25) is 0 Å². The zero-order valence-electron chi connectivity index (χ0n) is 12.4. The van der Waals surface area contributed by atoms with Gasteiger partial charge in [-0.1, -0.05) is 24.0 Å². The minimum atomic E-state index is -0.594. The zero-order valence-corrected chi connectivity index (χ0v) is 12.4. The molecule has 21 heavy (non-hydrogen) atoms. The summed E-state index contributed by atoms with van der Waals surface area (Å²) in [4.78, 5) is 11.6. The van der Waals surface area contributed by atoms with Crippen LogP contribution in [0.3, 0.4) is 0 Å². The topological polar surface area (TPSA) is 44.8 Å². The van der Waals surface area contributed by atoms with E-state index in [0.29, 0.717) is 13.0 Å². The van der Waals surface area contributed by atoms with Crippen LogP contribution in [-0.4, -0.2) is 32.4 Å². The molecule has 4 nitrogen and oxygen atoms in total. The van der Waals surface area contributed by atoms with Crippen LogP contribution in [0.25, 0.3) is 0 Å². The molecule has 1 aromatic carbocycles. The van der Waals surface area contributed by atoms with E-state index >= 15 is 0 Å². The third-order valence-electron chi connectivity index (χ3n) is 2.61. The highest BCUT2D eigenvalue weighted by atomic mass is 16.6. The molecule has 1 aromatic rings. The van der Waals surface area contributed by atoms with E-state index in [-0.39, 0.29) is 6.61 Å². The van der Waals surface area contributed by atoms with Crippen LogP contribution in [0, 0.1) is 11.8 Å². The summed E-state index contributed by atoms with van der Waals surface area (Å²) in [6, 6.07) is 7.37. The van der Waals surface area contributed by atoms with E-state index in [1.165, 1.54) is 0 Å². The molecule has 0 aliphatic rings. The van der Waals surface area contributed by atoms with Gasteiger partial charge in [-0.05, 0) is 31.5 Å². The predicted molar refractivity (Wildman–Crippen MR) is 81.1 cm³/mol. The lowest BCUT2D eigenvalue weighted by Crippen LogP contribution is -2.23. The van der Waals surface area contributed by atoms with Crippen molar-refractivity contribution in [3.63, 3.8) is 0 Å². The third kappa shape index (κ3) is 6.64. The molecule has 0 heterocycles. The Kier molecular flexibility index (Phi) is 7.70. The highest BCUT2D eigenvalue weighted by Gasteiger charge is 2.13. The Hall–Kier alpha value is -2.25. The highest BCUT2D eigenvalue weighted by Crippen LogP contribution is 2.11. The normalized spacial score (nSPS) is 11.0. The number of hydrogen-bond acceptors (Lipinski definition) is 4. The minimum absolute atomic E-state index is 0.0329. The number of esters is 1. The van der Waals surface area contributed by atoms with Crippen molar-refractivity contribution in [2.45, 2.75) is 19.4 Å². The molecule has 0 aromatic heterocycles. The van der Waals surface area contributed by atoms with Crippen molar-refractivity contribution in [3.05, 3.63) is 42.5 Å². The smallest absolute Gasteiger partial charge is 0.335 e. The lowest BCUT2D eigenvalue weighted by atomic mass is 10.2. The number of methoxy groups -OCH3 is 1. The number of carbonyl (C=O) groups excluding carboxylic acids is 1. The summed E-state index contributed by atoms with van der Waals surface area (Å²) in [5.74, 6) is 6.01. The molecule has 0 radical (unpaired) electrons. The number of carbonyl (C=O) groups is 1. The Labute approximate surface area is 125 Å². The van der Waals surface area contributed by atoms with Crippen molar-refractivity contribution in [1.29, 1.82) is 0 Å². The maximum atomic E-state index is 11.6. The third-order valence-corrected chi connectivity index (χ3v) is 2.61. The molecule has 1 atom stereocenters. The van der Waals surface area contributed by atoms with Crippen molar-refractivity contribution in [1.82, 2.24) is 0 Å². The molecule has 0 spiro atoms. The average Bonchev–Trinajstić information content (AvgIpc) is 2.51. The summed E-state index contributed by atoms with van der Waals surface area (Å²) < 4.78 is 15.4.